The van der Waals surface area contributed by atoms with Crippen molar-refractivity contribution in [3.8, 4) is 0 Å². The molecule has 1 unspecified atom stereocenters. The van der Waals surface area contributed by atoms with Crippen molar-refractivity contribution in [1.82, 2.24) is 10.1 Å². The van der Waals surface area contributed by atoms with Crippen LogP contribution in [0.2, 0.25) is 0 Å². The molecule has 72 valence electrons. The van der Waals surface area contributed by atoms with Gasteiger partial charge < -0.3 is 9.63 Å². The molecule has 0 saturated heterocycles. The van der Waals surface area contributed by atoms with Gasteiger partial charge in [0, 0.05) is 5.92 Å². The van der Waals surface area contributed by atoms with Crippen LogP contribution in [0.3, 0.4) is 0 Å². The quantitative estimate of drug-likeness (QED) is 0.757. The van der Waals surface area contributed by atoms with Gasteiger partial charge in [-0.2, -0.15) is 4.98 Å². The highest BCUT2D eigenvalue weighted by Crippen LogP contribution is 2.32. The molecular formula is C9H14N2O2. The fraction of sp³-hybridized carbons (Fsp3) is 0.778. The summed E-state index contributed by atoms with van der Waals surface area (Å²) in [4.78, 5) is 4.16. The normalized spacial score (nSPS) is 20.8. The Kier molecular flexibility index (Phi) is 2.31. The van der Waals surface area contributed by atoms with Gasteiger partial charge in [0.2, 0.25) is 0 Å². The molecule has 1 fully saturated rings. The Bertz CT molecular complexity index is 277. The van der Waals surface area contributed by atoms with Crippen molar-refractivity contribution in [1.29, 1.82) is 0 Å². The molecule has 1 saturated carbocycles. The number of rotatable bonds is 2. The van der Waals surface area contributed by atoms with Crippen LogP contribution < -0.4 is 0 Å². The van der Waals surface area contributed by atoms with Gasteiger partial charge in [0.05, 0.1) is 0 Å². The maximum absolute atomic E-state index is 9.18. The minimum absolute atomic E-state index is 0.335. The number of aliphatic hydroxyl groups is 1. The van der Waals surface area contributed by atoms with Gasteiger partial charge in [-0.15, -0.1) is 0 Å². The molecule has 1 aliphatic carbocycles. The molecule has 0 amide bonds. The largest absolute Gasteiger partial charge is 0.384 e. The summed E-state index contributed by atoms with van der Waals surface area (Å²) in [7, 11) is 0. The van der Waals surface area contributed by atoms with Crippen molar-refractivity contribution < 1.29 is 9.63 Å². The number of aliphatic hydroxyl groups excluding tert-OH is 1. The molecule has 1 aliphatic rings. The Morgan fingerprint density at radius 1 is 1.46 bits per heavy atom. The third-order valence-corrected chi connectivity index (χ3v) is 2.54. The topological polar surface area (TPSA) is 59.2 Å². The Morgan fingerprint density at radius 3 is 2.69 bits per heavy atom. The first-order valence-electron chi connectivity index (χ1n) is 4.79. The Balaban J connectivity index is 2.12. The SMILES string of the molecule is CC(O)c1nc(C2CCCC2)no1. The predicted molar refractivity (Wildman–Crippen MR) is 46.1 cm³/mol. The van der Waals surface area contributed by atoms with E-state index in [1.165, 1.54) is 12.8 Å². The summed E-state index contributed by atoms with van der Waals surface area (Å²) in [6.45, 7) is 1.63. The minimum atomic E-state index is -0.650. The minimum Gasteiger partial charge on any atom is -0.384 e. The van der Waals surface area contributed by atoms with Crippen LogP contribution in [0.5, 0.6) is 0 Å². The molecule has 13 heavy (non-hydrogen) atoms. The van der Waals surface area contributed by atoms with Crippen LogP contribution in [0.4, 0.5) is 0 Å². The predicted octanol–water partition coefficient (Wildman–Crippen LogP) is 1.78. The first-order chi connectivity index (χ1) is 6.27. The fourth-order valence-electron chi connectivity index (χ4n) is 1.77. The van der Waals surface area contributed by atoms with Crippen molar-refractivity contribution >= 4 is 0 Å². The molecule has 0 aromatic carbocycles. The van der Waals surface area contributed by atoms with Crippen LogP contribution >= 0.6 is 0 Å². The lowest BCUT2D eigenvalue weighted by Gasteiger charge is -1.99. The summed E-state index contributed by atoms with van der Waals surface area (Å²) in [6.07, 6.45) is 4.16. The summed E-state index contributed by atoms with van der Waals surface area (Å²) in [6, 6.07) is 0. The number of aromatic nitrogens is 2. The van der Waals surface area contributed by atoms with Crippen molar-refractivity contribution in [2.45, 2.75) is 44.6 Å². The highest BCUT2D eigenvalue weighted by Gasteiger charge is 2.23. The second kappa shape index (κ2) is 3.46. The van der Waals surface area contributed by atoms with E-state index in [9.17, 15) is 5.11 Å². The van der Waals surface area contributed by atoms with Crippen LogP contribution in [-0.2, 0) is 0 Å². The smallest absolute Gasteiger partial charge is 0.255 e. The van der Waals surface area contributed by atoms with E-state index >= 15 is 0 Å². The lowest BCUT2D eigenvalue weighted by Crippen LogP contribution is -1.96. The highest BCUT2D eigenvalue weighted by molar-refractivity contribution is 4.98. The zero-order chi connectivity index (χ0) is 9.26. The van der Waals surface area contributed by atoms with Gasteiger partial charge in [0.15, 0.2) is 5.82 Å². The van der Waals surface area contributed by atoms with Crippen molar-refractivity contribution in [3.63, 3.8) is 0 Å². The molecule has 1 N–H and O–H groups in total. The zero-order valence-corrected chi connectivity index (χ0v) is 7.73. The van der Waals surface area contributed by atoms with Crippen LogP contribution in [0, 0.1) is 0 Å². The van der Waals surface area contributed by atoms with E-state index in [0.29, 0.717) is 11.8 Å². The molecule has 0 radical (unpaired) electrons. The van der Waals surface area contributed by atoms with Gasteiger partial charge in [0.1, 0.15) is 6.10 Å². The lowest BCUT2D eigenvalue weighted by atomic mass is 10.1. The molecular weight excluding hydrogens is 168 g/mol. The maximum Gasteiger partial charge on any atom is 0.255 e. The molecule has 1 aromatic heterocycles. The van der Waals surface area contributed by atoms with Gasteiger partial charge in [-0.3, -0.25) is 0 Å². The summed E-state index contributed by atoms with van der Waals surface area (Å²) in [5, 5.41) is 13.1. The molecule has 1 heterocycles. The van der Waals surface area contributed by atoms with E-state index in [-0.39, 0.29) is 0 Å². The average Bonchev–Trinajstić information content (AvgIpc) is 2.75. The van der Waals surface area contributed by atoms with Crippen molar-refractivity contribution in [2.24, 2.45) is 0 Å². The molecule has 4 heteroatoms. The second-order valence-corrected chi connectivity index (χ2v) is 3.65. The third-order valence-electron chi connectivity index (χ3n) is 2.54. The van der Waals surface area contributed by atoms with E-state index in [2.05, 4.69) is 10.1 Å². The number of hydrogen-bond acceptors (Lipinski definition) is 4. The molecule has 2 rings (SSSR count). The molecule has 0 bridgehead atoms. The standard InChI is InChI=1S/C9H14N2O2/c1-6(12)9-10-8(11-13-9)7-4-2-3-5-7/h6-7,12H,2-5H2,1H3. The summed E-state index contributed by atoms with van der Waals surface area (Å²) in [5.41, 5.74) is 0. The third kappa shape index (κ3) is 1.72. The van der Waals surface area contributed by atoms with Gasteiger partial charge in [-0.05, 0) is 19.8 Å². The Morgan fingerprint density at radius 2 is 2.15 bits per heavy atom. The monoisotopic (exact) mass is 182 g/mol. The Labute approximate surface area is 77.0 Å². The summed E-state index contributed by atoms with van der Waals surface area (Å²) < 4.78 is 4.93. The zero-order valence-electron chi connectivity index (χ0n) is 7.73. The summed E-state index contributed by atoms with van der Waals surface area (Å²) in [5.74, 6) is 1.56. The number of nitrogens with zero attached hydrogens (tertiary/aromatic N) is 2. The van der Waals surface area contributed by atoms with E-state index in [0.717, 1.165) is 18.7 Å². The first kappa shape index (κ1) is 8.69. The van der Waals surface area contributed by atoms with Crippen LogP contribution in [0.15, 0.2) is 4.52 Å². The Hall–Kier alpha value is -0.900. The van der Waals surface area contributed by atoms with E-state index in [4.69, 9.17) is 4.52 Å². The average molecular weight is 182 g/mol. The van der Waals surface area contributed by atoms with E-state index in [1.807, 2.05) is 0 Å². The van der Waals surface area contributed by atoms with Gasteiger partial charge in [-0.25, -0.2) is 0 Å². The van der Waals surface area contributed by atoms with Crippen molar-refractivity contribution in [2.75, 3.05) is 0 Å². The van der Waals surface area contributed by atoms with Crippen LogP contribution in [0.25, 0.3) is 0 Å². The van der Waals surface area contributed by atoms with E-state index in [1.54, 1.807) is 6.92 Å². The lowest BCUT2D eigenvalue weighted by molar-refractivity contribution is 0.151. The van der Waals surface area contributed by atoms with E-state index < -0.39 is 6.10 Å². The van der Waals surface area contributed by atoms with Gasteiger partial charge in [0.25, 0.3) is 5.89 Å². The molecule has 4 nitrogen and oxygen atoms in total. The van der Waals surface area contributed by atoms with Crippen LogP contribution in [0.1, 0.15) is 56.3 Å². The number of hydrogen-bond donors (Lipinski definition) is 1. The highest BCUT2D eigenvalue weighted by atomic mass is 16.5. The first-order valence-corrected chi connectivity index (χ1v) is 4.79. The molecule has 0 aliphatic heterocycles. The summed E-state index contributed by atoms with van der Waals surface area (Å²) >= 11 is 0. The molecule has 0 spiro atoms. The maximum atomic E-state index is 9.18. The fourth-order valence-corrected chi connectivity index (χ4v) is 1.77. The van der Waals surface area contributed by atoms with Crippen LogP contribution in [-0.4, -0.2) is 15.2 Å². The van der Waals surface area contributed by atoms with Crippen molar-refractivity contribution in [3.05, 3.63) is 11.7 Å². The van der Waals surface area contributed by atoms with Gasteiger partial charge >= 0.3 is 0 Å². The molecule has 1 aromatic rings. The van der Waals surface area contributed by atoms with Gasteiger partial charge in [-0.1, -0.05) is 18.0 Å². The second-order valence-electron chi connectivity index (χ2n) is 3.65. The molecule has 1 atom stereocenters.